The average Bonchev–Trinajstić information content (AvgIpc) is 2.99. The zero-order valence-corrected chi connectivity index (χ0v) is 28.2. The maximum absolute atomic E-state index is 13.3. The van der Waals surface area contributed by atoms with E-state index >= 15 is 0 Å². The van der Waals surface area contributed by atoms with E-state index in [1.807, 2.05) is 12.1 Å². The van der Waals surface area contributed by atoms with Crippen molar-refractivity contribution in [1.82, 2.24) is 9.80 Å². The minimum atomic E-state index is -0.521. The maximum atomic E-state index is 13.3. The summed E-state index contributed by atoms with van der Waals surface area (Å²) in [6.07, 6.45) is 3.25. The Hall–Kier alpha value is -2.45. The van der Waals surface area contributed by atoms with Crippen molar-refractivity contribution in [2.75, 3.05) is 79.7 Å². The molecule has 236 valence electrons. The molecule has 2 amide bonds. The molecule has 2 aliphatic heterocycles. The number of hydrogen-bond acceptors (Lipinski definition) is 6. The predicted octanol–water partition coefficient (Wildman–Crippen LogP) is -0.0578. The lowest BCUT2D eigenvalue weighted by Gasteiger charge is -2.48. The lowest BCUT2D eigenvalue weighted by Crippen LogP contribution is -3.62. The van der Waals surface area contributed by atoms with Crippen LogP contribution in [0.15, 0.2) is 36.4 Å². The highest BCUT2D eigenvalue weighted by Crippen LogP contribution is 2.19. The third kappa shape index (κ3) is 9.27. The maximum Gasteiger partial charge on any atom is 0.358 e. The van der Waals surface area contributed by atoms with E-state index in [0.29, 0.717) is 65.4 Å². The first-order valence-electron chi connectivity index (χ1n) is 15.2. The molecule has 2 aromatic rings. The third-order valence-electron chi connectivity index (χ3n) is 8.76. The van der Waals surface area contributed by atoms with Gasteiger partial charge in [0, 0.05) is 37.8 Å². The molecule has 0 aliphatic carbocycles. The summed E-state index contributed by atoms with van der Waals surface area (Å²) in [4.78, 5) is 26.9. The van der Waals surface area contributed by atoms with Gasteiger partial charge in [0.05, 0.1) is 60.0 Å². The van der Waals surface area contributed by atoms with Crippen molar-refractivity contribution < 1.29 is 54.8 Å². The highest BCUT2D eigenvalue weighted by molar-refractivity contribution is 5.73. The summed E-state index contributed by atoms with van der Waals surface area (Å²) in [7, 11) is 3.36. The second kappa shape index (κ2) is 15.0. The third-order valence-corrected chi connectivity index (χ3v) is 12.0. The van der Waals surface area contributed by atoms with Gasteiger partial charge in [-0.05, 0) is 49.2 Å². The van der Waals surface area contributed by atoms with Crippen molar-refractivity contribution in [3.8, 4) is 11.5 Å². The van der Waals surface area contributed by atoms with E-state index in [-0.39, 0.29) is 21.1 Å². The van der Waals surface area contributed by atoms with Crippen LogP contribution in [0, 0.1) is 12.3 Å². The van der Waals surface area contributed by atoms with Gasteiger partial charge in [-0.1, -0.05) is 0 Å². The van der Waals surface area contributed by atoms with Gasteiger partial charge in [-0.3, -0.25) is 9.59 Å². The first kappa shape index (κ1) is 33.4. The van der Waals surface area contributed by atoms with Gasteiger partial charge in [0.25, 0.3) is 0 Å². The molecule has 2 aliphatic rings. The molecule has 11 heteroatoms. The number of halogens is 1. The fraction of sp³-hybridized carbons (Fsp3) is 0.562. The Morgan fingerprint density at radius 2 is 1.23 bits per heavy atom. The fourth-order valence-electron chi connectivity index (χ4n) is 5.90. The lowest BCUT2D eigenvalue weighted by atomic mass is 10.1. The van der Waals surface area contributed by atoms with E-state index in [4.69, 9.17) is 9.47 Å². The molecule has 0 bridgehead atoms. The van der Waals surface area contributed by atoms with Crippen LogP contribution in [0.3, 0.4) is 0 Å². The molecule has 0 radical (unpaired) electrons. The van der Waals surface area contributed by atoms with Crippen molar-refractivity contribution >= 4 is 11.8 Å². The number of methoxy groups -OCH3 is 2. The summed E-state index contributed by atoms with van der Waals surface area (Å²) in [6.45, 7) is 8.60. The molecule has 1 N–H and O–H groups in total. The van der Waals surface area contributed by atoms with Crippen LogP contribution in [0.25, 0.3) is 0 Å². The second-order valence-corrected chi connectivity index (χ2v) is 14.6. The Bertz CT molecular complexity index is 1160. The van der Waals surface area contributed by atoms with Crippen molar-refractivity contribution in [2.24, 2.45) is 0 Å². The summed E-state index contributed by atoms with van der Waals surface area (Å²) >= 11 is -0.521. The van der Waals surface area contributed by atoms with Gasteiger partial charge in [-0.25, -0.2) is 5.21 Å². The standard InChI is InChI=1S/C32H47IN4O6/c1-25(38)34-13-19-36(40,20-14-34)17-5-7-27-23-29(42-3)9-11-31(27)33-32-12-10-30(43-4)24-28(32)8-6-18-37(41)21-15-35(16-22-37)26(2)39/h9-12,23-24,40H,5-8,13-22H2,1-4H3/q+2. The van der Waals surface area contributed by atoms with Crippen LogP contribution in [-0.4, -0.2) is 116 Å². The van der Waals surface area contributed by atoms with Crippen molar-refractivity contribution in [1.29, 1.82) is 0 Å². The van der Waals surface area contributed by atoms with Crippen molar-refractivity contribution in [3.63, 3.8) is 0 Å². The van der Waals surface area contributed by atoms with Crippen LogP contribution in [0.1, 0.15) is 37.8 Å². The average molecular weight is 711 g/mol. The molecule has 2 fully saturated rings. The zero-order chi connectivity index (χ0) is 31.0. The number of carbonyl (C=O) groups is 2. The SMILES string of the molecule is COc1ccc([I+]c2ccc(OC)cc2CCC[N+]2(O)CCN(C(C)=O)CC2)c(CCC[N+]2([O-])CCN(C(C)=O)CC2)c1. The molecule has 4 rings (SSSR count). The van der Waals surface area contributed by atoms with Crippen LogP contribution in [0.5, 0.6) is 11.5 Å². The summed E-state index contributed by atoms with van der Waals surface area (Å²) in [5.74, 6) is 1.75. The first-order chi connectivity index (χ1) is 20.5. The largest absolute Gasteiger partial charge is 0.633 e. The number of nitrogens with zero attached hydrogens (tertiary/aromatic N) is 4. The minimum absolute atomic E-state index is 0.00720. The number of rotatable bonds is 12. The monoisotopic (exact) mass is 710 g/mol. The predicted molar refractivity (Wildman–Crippen MR) is 159 cm³/mol. The quantitative estimate of drug-likeness (QED) is 0.188. The van der Waals surface area contributed by atoms with Gasteiger partial charge in [0.1, 0.15) is 31.1 Å². The molecule has 2 heterocycles. The Labute approximate surface area is 266 Å². The van der Waals surface area contributed by atoms with Crippen LogP contribution >= 0.6 is 0 Å². The lowest BCUT2D eigenvalue weighted by molar-refractivity contribution is -1.10. The smallest absolute Gasteiger partial charge is 0.358 e. The number of hydrogen-bond donors (Lipinski definition) is 1. The highest BCUT2D eigenvalue weighted by Gasteiger charge is 2.33. The number of ether oxygens (including phenoxy) is 2. The van der Waals surface area contributed by atoms with E-state index in [9.17, 15) is 20.0 Å². The number of hydroxylamine groups is 6. The molecule has 0 unspecified atom stereocenters. The second-order valence-electron chi connectivity index (χ2n) is 11.7. The van der Waals surface area contributed by atoms with Crippen LogP contribution in [-0.2, 0) is 22.4 Å². The van der Waals surface area contributed by atoms with Gasteiger partial charge in [0.15, 0.2) is 7.14 Å². The highest BCUT2D eigenvalue weighted by atomic mass is 127. The molecule has 2 aromatic carbocycles. The van der Waals surface area contributed by atoms with E-state index in [1.165, 1.54) is 18.3 Å². The number of carbonyl (C=O) groups excluding carboxylic acids is 2. The molecular formula is C32H47IN4O6+2. The molecule has 0 saturated carbocycles. The molecule has 0 atom stereocenters. The van der Waals surface area contributed by atoms with Crippen molar-refractivity contribution in [3.05, 3.63) is 59.9 Å². The molecule has 43 heavy (non-hydrogen) atoms. The number of aryl methyl sites for hydroxylation is 2. The van der Waals surface area contributed by atoms with Gasteiger partial charge in [0.2, 0.25) is 11.8 Å². The van der Waals surface area contributed by atoms with E-state index in [2.05, 4.69) is 24.3 Å². The zero-order valence-electron chi connectivity index (χ0n) is 26.0. The van der Waals surface area contributed by atoms with E-state index in [0.717, 1.165) is 37.2 Å². The van der Waals surface area contributed by atoms with Gasteiger partial charge >= 0.3 is 21.2 Å². The van der Waals surface area contributed by atoms with E-state index < -0.39 is 21.2 Å². The van der Waals surface area contributed by atoms with Crippen LogP contribution in [0.4, 0.5) is 0 Å². The summed E-state index contributed by atoms with van der Waals surface area (Å²) < 4.78 is 13.5. The van der Waals surface area contributed by atoms with Crippen LogP contribution < -0.4 is 30.7 Å². The first-order valence-corrected chi connectivity index (χ1v) is 17.3. The molecule has 10 nitrogen and oxygen atoms in total. The van der Waals surface area contributed by atoms with Gasteiger partial charge in [-0.15, -0.1) is 0 Å². The van der Waals surface area contributed by atoms with Crippen molar-refractivity contribution in [2.45, 2.75) is 39.5 Å². The van der Waals surface area contributed by atoms with Gasteiger partial charge in [-0.2, -0.15) is 4.65 Å². The Balaban J connectivity index is 1.41. The number of amides is 2. The fourth-order valence-corrected chi connectivity index (χ4v) is 8.79. The Morgan fingerprint density at radius 3 is 1.67 bits per heavy atom. The normalized spacial score (nSPS) is 17.9. The summed E-state index contributed by atoms with van der Waals surface area (Å²) in [5.41, 5.74) is 2.47. The Morgan fingerprint density at radius 1 is 0.791 bits per heavy atom. The van der Waals surface area contributed by atoms with Crippen LogP contribution in [0.2, 0.25) is 0 Å². The molecule has 2 saturated heterocycles. The van der Waals surface area contributed by atoms with E-state index in [1.54, 1.807) is 37.9 Å². The van der Waals surface area contributed by atoms with Gasteiger partial charge < -0.3 is 29.1 Å². The minimum Gasteiger partial charge on any atom is -0.633 e. The molecule has 0 aromatic heterocycles. The molecule has 0 spiro atoms. The number of piperazine rings is 2. The summed E-state index contributed by atoms with van der Waals surface area (Å²) in [5, 5.41) is 24.4. The Kier molecular flexibility index (Phi) is 11.7. The topological polar surface area (TPSA) is 102 Å². The number of benzene rings is 2. The number of quaternary nitrogens is 2. The molecular weight excluding hydrogens is 663 g/mol. The summed E-state index contributed by atoms with van der Waals surface area (Å²) in [6, 6.07) is 12.6.